The molecule has 0 fully saturated rings. The highest BCUT2D eigenvalue weighted by Gasteiger charge is 2.13. The van der Waals surface area contributed by atoms with Crippen molar-refractivity contribution < 1.29 is 9.47 Å². The molecule has 0 aromatic heterocycles. The number of fused-ring (bicyclic) bond motifs is 1. The van der Waals surface area contributed by atoms with Crippen LogP contribution in [0.15, 0.2) is 30.3 Å². The molecule has 0 aliphatic rings. The van der Waals surface area contributed by atoms with Gasteiger partial charge in [0.25, 0.3) is 0 Å². The van der Waals surface area contributed by atoms with Crippen LogP contribution in [0.4, 0.5) is 0 Å². The summed E-state index contributed by atoms with van der Waals surface area (Å²) in [5.74, 6) is 1.63. The minimum absolute atomic E-state index is 0.613. The van der Waals surface area contributed by atoms with Crippen molar-refractivity contribution in [1.82, 2.24) is 0 Å². The van der Waals surface area contributed by atoms with Crippen molar-refractivity contribution in [3.05, 3.63) is 35.4 Å². The number of unbranched alkanes of at least 4 members (excludes halogenated alkanes) is 4. The van der Waals surface area contributed by atoms with Crippen molar-refractivity contribution in [2.75, 3.05) is 13.2 Å². The average Bonchev–Trinajstić information content (AvgIpc) is 2.69. The molecule has 0 saturated carbocycles. The summed E-state index contributed by atoms with van der Waals surface area (Å²) in [6.07, 6.45) is 9.29. The molecule has 2 rings (SSSR count). The minimum Gasteiger partial charge on any atom is -0.493 e. The van der Waals surface area contributed by atoms with Gasteiger partial charge in [-0.05, 0) is 32.1 Å². The minimum atomic E-state index is 0.613. The van der Waals surface area contributed by atoms with Gasteiger partial charge in [-0.15, -0.1) is 0 Å². The third-order valence-electron chi connectivity index (χ3n) is 4.77. The molecule has 2 aromatic rings. The smallest absolute Gasteiger partial charge is 0.145 e. The van der Waals surface area contributed by atoms with E-state index < -0.39 is 0 Å². The van der Waals surface area contributed by atoms with Crippen LogP contribution in [0, 0.1) is 0 Å². The van der Waals surface area contributed by atoms with Crippen molar-refractivity contribution in [1.29, 1.82) is 0 Å². The molecule has 1 unspecified atom stereocenters. The summed E-state index contributed by atoms with van der Waals surface area (Å²) in [7, 11) is 0. The first kappa shape index (κ1) is 22.4. The zero-order chi connectivity index (χ0) is 19.5. The lowest BCUT2D eigenvalue weighted by molar-refractivity contribution is 0.302. The van der Waals surface area contributed by atoms with E-state index in [2.05, 4.69) is 41.9 Å². The monoisotopic (exact) mass is 454 g/mol. The SMILES string of the molecule is CCCCCCOc1c(Cl)cc(OCCCCC(Br)CC)c2ccccc12. The molecule has 0 spiro atoms. The lowest BCUT2D eigenvalue weighted by Gasteiger charge is -2.15. The summed E-state index contributed by atoms with van der Waals surface area (Å²) in [4.78, 5) is 0.613. The molecule has 0 aliphatic heterocycles. The first-order valence-electron chi connectivity index (χ1n) is 10.3. The maximum Gasteiger partial charge on any atom is 0.145 e. The zero-order valence-electron chi connectivity index (χ0n) is 16.6. The molecule has 27 heavy (non-hydrogen) atoms. The Labute approximate surface area is 177 Å². The molecule has 0 radical (unpaired) electrons. The fraction of sp³-hybridized carbons (Fsp3) is 0.565. The average molecular weight is 456 g/mol. The molecule has 2 nitrogen and oxygen atoms in total. The molecule has 1 atom stereocenters. The largest absolute Gasteiger partial charge is 0.493 e. The van der Waals surface area contributed by atoms with E-state index >= 15 is 0 Å². The Hall–Kier alpha value is -0.930. The van der Waals surface area contributed by atoms with Crippen LogP contribution in [0.25, 0.3) is 10.8 Å². The third kappa shape index (κ3) is 7.19. The van der Waals surface area contributed by atoms with Crippen LogP contribution in [0.5, 0.6) is 11.5 Å². The number of benzene rings is 2. The van der Waals surface area contributed by atoms with Gasteiger partial charge in [0.05, 0.1) is 18.2 Å². The topological polar surface area (TPSA) is 18.5 Å². The Morgan fingerprint density at radius 3 is 2.37 bits per heavy atom. The van der Waals surface area contributed by atoms with Crippen LogP contribution in [0.2, 0.25) is 5.02 Å². The van der Waals surface area contributed by atoms with E-state index in [1.807, 2.05) is 18.2 Å². The second-order valence-corrected chi connectivity index (χ2v) is 8.69. The van der Waals surface area contributed by atoms with Gasteiger partial charge < -0.3 is 9.47 Å². The summed E-state index contributed by atoms with van der Waals surface area (Å²) in [5.41, 5.74) is 0. The number of ether oxygens (including phenoxy) is 2. The highest BCUT2D eigenvalue weighted by atomic mass is 79.9. The molecule has 2 aromatic carbocycles. The fourth-order valence-corrected chi connectivity index (χ4v) is 3.69. The Morgan fingerprint density at radius 2 is 1.63 bits per heavy atom. The second kappa shape index (κ2) is 12.5. The molecular weight excluding hydrogens is 424 g/mol. The Balaban J connectivity index is 2.00. The van der Waals surface area contributed by atoms with Gasteiger partial charge in [0.2, 0.25) is 0 Å². The number of halogens is 2. The van der Waals surface area contributed by atoms with Gasteiger partial charge in [-0.1, -0.05) is 84.9 Å². The lowest BCUT2D eigenvalue weighted by atomic mass is 10.1. The quantitative estimate of drug-likeness (QED) is 0.224. The first-order valence-corrected chi connectivity index (χ1v) is 11.6. The van der Waals surface area contributed by atoms with E-state index in [1.54, 1.807) is 0 Å². The van der Waals surface area contributed by atoms with Gasteiger partial charge in [-0.3, -0.25) is 0 Å². The Morgan fingerprint density at radius 1 is 0.926 bits per heavy atom. The molecule has 150 valence electrons. The zero-order valence-corrected chi connectivity index (χ0v) is 18.9. The standard InChI is InChI=1S/C23H32BrClO2/c1-3-5-6-10-16-27-23-20-14-8-7-13-19(20)22(17-21(23)25)26-15-11-9-12-18(24)4-2/h7-8,13-14,17-18H,3-6,9-12,15-16H2,1-2H3. The van der Waals surface area contributed by atoms with Crippen molar-refractivity contribution in [2.45, 2.75) is 70.0 Å². The molecule has 0 N–H and O–H groups in total. The van der Waals surface area contributed by atoms with E-state index in [9.17, 15) is 0 Å². The van der Waals surface area contributed by atoms with Crippen molar-refractivity contribution in [3.8, 4) is 11.5 Å². The maximum absolute atomic E-state index is 6.54. The van der Waals surface area contributed by atoms with E-state index in [-0.39, 0.29) is 0 Å². The predicted octanol–water partition coefficient (Wildman–Crippen LogP) is 8.17. The number of hydrogen-bond acceptors (Lipinski definition) is 2. The van der Waals surface area contributed by atoms with Crippen LogP contribution in [0.3, 0.4) is 0 Å². The predicted molar refractivity (Wildman–Crippen MR) is 121 cm³/mol. The summed E-state index contributed by atoms with van der Waals surface area (Å²) >= 11 is 10.2. The maximum atomic E-state index is 6.54. The van der Waals surface area contributed by atoms with E-state index in [0.717, 1.165) is 41.5 Å². The highest BCUT2D eigenvalue weighted by Crippen LogP contribution is 2.39. The van der Waals surface area contributed by atoms with Crippen LogP contribution in [-0.4, -0.2) is 18.0 Å². The van der Waals surface area contributed by atoms with E-state index in [1.165, 1.54) is 32.1 Å². The molecule has 0 heterocycles. The van der Waals surface area contributed by atoms with Crippen LogP contribution in [-0.2, 0) is 0 Å². The third-order valence-corrected chi connectivity index (χ3v) is 6.15. The van der Waals surface area contributed by atoms with Gasteiger partial charge in [0.1, 0.15) is 11.5 Å². The van der Waals surface area contributed by atoms with Crippen LogP contribution >= 0.6 is 27.5 Å². The molecule has 4 heteroatoms. The van der Waals surface area contributed by atoms with E-state index in [0.29, 0.717) is 23.1 Å². The summed E-state index contributed by atoms with van der Waals surface area (Å²) in [5, 5.41) is 2.73. The van der Waals surface area contributed by atoms with Gasteiger partial charge >= 0.3 is 0 Å². The number of hydrogen-bond donors (Lipinski definition) is 0. The van der Waals surface area contributed by atoms with Crippen molar-refractivity contribution in [3.63, 3.8) is 0 Å². The summed E-state index contributed by atoms with van der Waals surface area (Å²) < 4.78 is 12.1. The molecular formula is C23H32BrClO2. The molecule has 0 aliphatic carbocycles. The van der Waals surface area contributed by atoms with Crippen molar-refractivity contribution in [2.24, 2.45) is 0 Å². The first-order chi connectivity index (χ1) is 13.2. The van der Waals surface area contributed by atoms with Crippen molar-refractivity contribution >= 4 is 38.3 Å². The highest BCUT2D eigenvalue weighted by molar-refractivity contribution is 9.09. The molecule has 0 amide bonds. The van der Waals surface area contributed by atoms with Crippen LogP contribution in [0.1, 0.15) is 65.2 Å². The summed E-state index contributed by atoms with van der Waals surface area (Å²) in [6.45, 7) is 5.83. The van der Waals surface area contributed by atoms with Crippen LogP contribution < -0.4 is 9.47 Å². The number of rotatable bonds is 13. The normalized spacial score (nSPS) is 12.3. The summed E-state index contributed by atoms with van der Waals surface area (Å²) in [6, 6.07) is 10.1. The molecule has 0 saturated heterocycles. The lowest BCUT2D eigenvalue weighted by Crippen LogP contribution is -2.02. The fourth-order valence-electron chi connectivity index (χ4n) is 3.11. The second-order valence-electron chi connectivity index (χ2n) is 6.99. The Bertz CT molecular complexity index is 689. The molecule has 0 bridgehead atoms. The van der Waals surface area contributed by atoms with Gasteiger partial charge in [0.15, 0.2) is 0 Å². The Kier molecular flexibility index (Phi) is 10.4. The van der Waals surface area contributed by atoms with Gasteiger partial charge in [0, 0.05) is 21.7 Å². The van der Waals surface area contributed by atoms with Gasteiger partial charge in [-0.25, -0.2) is 0 Å². The van der Waals surface area contributed by atoms with E-state index in [4.69, 9.17) is 21.1 Å². The number of alkyl halides is 1. The van der Waals surface area contributed by atoms with Gasteiger partial charge in [-0.2, -0.15) is 0 Å².